The van der Waals surface area contributed by atoms with E-state index in [4.69, 9.17) is 9.47 Å². The van der Waals surface area contributed by atoms with Crippen LogP contribution in [0.15, 0.2) is 60.7 Å². The van der Waals surface area contributed by atoms with Gasteiger partial charge in [-0.05, 0) is 61.7 Å². The number of fused-ring (bicyclic) bond motifs is 1. The molecule has 1 atom stereocenters. The van der Waals surface area contributed by atoms with Crippen LogP contribution in [0.1, 0.15) is 43.4 Å². The molecule has 31 heavy (non-hydrogen) atoms. The van der Waals surface area contributed by atoms with Crippen LogP contribution in [0.25, 0.3) is 11.1 Å². The van der Waals surface area contributed by atoms with E-state index < -0.39 is 11.9 Å². The summed E-state index contributed by atoms with van der Waals surface area (Å²) in [6, 6.07) is 17.9. The summed E-state index contributed by atoms with van der Waals surface area (Å²) < 4.78 is 26.2. The molecule has 0 bridgehead atoms. The molecule has 0 aliphatic carbocycles. The van der Waals surface area contributed by atoms with Crippen LogP contribution in [0.3, 0.4) is 0 Å². The molecule has 0 aromatic heterocycles. The van der Waals surface area contributed by atoms with E-state index in [1.807, 2.05) is 50.2 Å². The summed E-state index contributed by atoms with van der Waals surface area (Å²) in [6.07, 6.45) is 0.646. The van der Waals surface area contributed by atoms with Gasteiger partial charge in [0.1, 0.15) is 29.5 Å². The lowest BCUT2D eigenvalue weighted by Gasteiger charge is -2.19. The van der Waals surface area contributed by atoms with Gasteiger partial charge >= 0.3 is 5.97 Å². The first-order valence-electron chi connectivity index (χ1n) is 10.3. The second kappa shape index (κ2) is 8.06. The Morgan fingerprint density at radius 3 is 2.61 bits per heavy atom. The Labute approximate surface area is 181 Å². The van der Waals surface area contributed by atoms with E-state index in [9.17, 15) is 14.3 Å². The summed E-state index contributed by atoms with van der Waals surface area (Å²) in [5, 5.41) is 9.51. The highest BCUT2D eigenvalue weighted by Crippen LogP contribution is 2.39. The zero-order chi connectivity index (χ0) is 22.2. The maximum Gasteiger partial charge on any atom is 0.310 e. The fourth-order valence-electron chi connectivity index (χ4n) is 4.02. The van der Waals surface area contributed by atoms with Gasteiger partial charge in [-0.3, -0.25) is 4.79 Å². The first-order valence-corrected chi connectivity index (χ1v) is 10.3. The van der Waals surface area contributed by atoms with E-state index in [1.165, 1.54) is 12.1 Å². The van der Waals surface area contributed by atoms with Crippen LogP contribution in [0.5, 0.6) is 11.5 Å². The minimum atomic E-state index is -0.888. The molecule has 5 heteroatoms. The van der Waals surface area contributed by atoms with Crippen LogP contribution in [0.4, 0.5) is 4.39 Å². The van der Waals surface area contributed by atoms with Crippen molar-refractivity contribution in [1.82, 2.24) is 0 Å². The van der Waals surface area contributed by atoms with Crippen molar-refractivity contribution >= 4 is 5.97 Å². The maximum atomic E-state index is 14.1. The highest BCUT2D eigenvalue weighted by Gasteiger charge is 2.32. The SMILES string of the molecule is CC(C(=O)O)c1ccc(OCc2cc(F)cc3c2OC(C)(C)C3)cc1-c1ccccc1. The highest BCUT2D eigenvalue weighted by molar-refractivity contribution is 5.81. The van der Waals surface area contributed by atoms with Gasteiger partial charge in [0.25, 0.3) is 0 Å². The van der Waals surface area contributed by atoms with Crippen molar-refractivity contribution in [3.05, 3.63) is 83.2 Å². The first-order chi connectivity index (χ1) is 14.7. The summed E-state index contributed by atoms with van der Waals surface area (Å²) in [7, 11) is 0. The summed E-state index contributed by atoms with van der Waals surface area (Å²) in [5.41, 5.74) is 3.55. The molecule has 4 nitrogen and oxygen atoms in total. The van der Waals surface area contributed by atoms with Crippen molar-refractivity contribution in [3.8, 4) is 22.6 Å². The molecule has 1 heterocycles. The van der Waals surface area contributed by atoms with Gasteiger partial charge in [-0.15, -0.1) is 0 Å². The van der Waals surface area contributed by atoms with Gasteiger partial charge in [0, 0.05) is 17.5 Å². The molecule has 1 unspecified atom stereocenters. The number of carboxylic acids is 1. The molecule has 1 aliphatic rings. The Morgan fingerprint density at radius 1 is 1.16 bits per heavy atom. The number of rotatable bonds is 6. The zero-order valence-electron chi connectivity index (χ0n) is 17.8. The standard InChI is InChI=1S/C26H25FO4/c1-16(25(28)29)22-10-9-21(13-23(22)17-7-5-4-6-8-17)30-15-19-12-20(27)11-18-14-26(2,3)31-24(18)19/h4-13,16H,14-15H2,1-3H3,(H,28,29). The molecule has 1 aliphatic heterocycles. The molecule has 0 spiro atoms. The topological polar surface area (TPSA) is 55.8 Å². The molecular weight excluding hydrogens is 395 g/mol. The number of halogens is 1. The average molecular weight is 420 g/mol. The van der Waals surface area contributed by atoms with E-state index >= 15 is 0 Å². The van der Waals surface area contributed by atoms with Crippen LogP contribution >= 0.6 is 0 Å². The number of carbonyl (C=O) groups is 1. The predicted octanol–water partition coefficient (Wildman–Crippen LogP) is 5.97. The lowest BCUT2D eigenvalue weighted by Crippen LogP contribution is -2.25. The molecule has 0 radical (unpaired) electrons. The van der Waals surface area contributed by atoms with E-state index in [1.54, 1.807) is 19.1 Å². The number of ether oxygens (including phenoxy) is 2. The fourth-order valence-corrected chi connectivity index (χ4v) is 4.02. The van der Waals surface area contributed by atoms with E-state index in [2.05, 4.69) is 0 Å². The minimum Gasteiger partial charge on any atom is -0.489 e. The van der Waals surface area contributed by atoms with Gasteiger partial charge in [0.15, 0.2) is 0 Å². The summed E-state index contributed by atoms with van der Waals surface area (Å²) in [4.78, 5) is 11.6. The number of benzene rings is 3. The van der Waals surface area contributed by atoms with Crippen LogP contribution in [0.2, 0.25) is 0 Å². The van der Waals surface area contributed by atoms with Gasteiger partial charge in [0.05, 0.1) is 5.92 Å². The first kappa shape index (κ1) is 20.9. The highest BCUT2D eigenvalue weighted by atomic mass is 19.1. The van der Waals surface area contributed by atoms with Gasteiger partial charge in [-0.2, -0.15) is 0 Å². The third-order valence-electron chi connectivity index (χ3n) is 5.54. The lowest BCUT2D eigenvalue weighted by molar-refractivity contribution is -0.138. The number of carboxylic acid groups (broad SMARTS) is 1. The molecule has 160 valence electrons. The fraction of sp³-hybridized carbons (Fsp3) is 0.269. The van der Waals surface area contributed by atoms with E-state index in [-0.39, 0.29) is 18.0 Å². The van der Waals surface area contributed by atoms with E-state index in [0.29, 0.717) is 29.0 Å². The second-order valence-corrected chi connectivity index (χ2v) is 8.56. The van der Waals surface area contributed by atoms with E-state index in [0.717, 1.165) is 16.7 Å². The molecule has 1 N–H and O–H groups in total. The molecule has 4 rings (SSSR count). The average Bonchev–Trinajstić information content (AvgIpc) is 3.05. The predicted molar refractivity (Wildman–Crippen MR) is 117 cm³/mol. The number of hydrogen-bond acceptors (Lipinski definition) is 3. The Bertz CT molecular complexity index is 1120. The second-order valence-electron chi connectivity index (χ2n) is 8.56. The van der Waals surface area contributed by atoms with Crippen molar-refractivity contribution in [1.29, 1.82) is 0 Å². The number of aliphatic carboxylic acids is 1. The van der Waals surface area contributed by atoms with Gasteiger partial charge < -0.3 is 14.6 Å². The molecule has 0 saturated heterocycles. The Balaban J connectivity index is 1.65. The van der Waals surface area contributed by atoms with Crippen LogP contribution < -0.4 is 9.47 Å². The third kappa shape index (κ3) is 4.41. The van der Waals surface area contributed by atoms with Crippen molar-refractivity contribution in [2.75, 3.05) is 0 Å². The normalized spacial score (nSPS) is 15.1. The molecule has 3 aromatic rings. The monoisotopic (exact) mass is 420 g/mol. The molecule has 0 saturated carbocycles. The minimum absolute atomic E-state index is 0.151. The third-order valence-corrected chi connectivity index (χ3v) is 5.54. The Kier molecular flexibility index (Phi) is 5.44. The van der Waals surface area contributed by atoms with Crippen LogP contribution in [0, 0.1) is 5.82 Å². The van der Waals surface area contributed by atoms with Gasteiger partial charge in [-0.1, -0.05) is 36.4 Å². The summed E-state index contributed by atoms with van der Waals surface area (Å²) in [6.45, 7) is 5.77. The molecule has 3 aromatic carbocycles. The van der Waals surface area contributed by atoms with Crippen molar-refractivity contribution < 1.29 is 23.8 Å². The molecular formula is C26H25FO4. The smallest absolute Gasteiger partial charge is 0.310 e. The maximum absolute atomic E-state index is 14.1. The largest absolute Gasteiger partial charge is 0.489 e. The van der Waals surface area contributed by atoms with Crippen LogP contribution in [-0.4, -0.2) is 16.7 Å². The van der Waals surface area contributed by atoms with Gasteiger partial charge in [0.2, 0.25) is 0 Å². The van der Waals surface area contributed by atoms with Crippen molar-refractivity contribution in [2.24, 2.45) is 0 Å². The van der Waals surface area contributed by atoms with Gasteiger partial charge in [-0.25, -0.2) is 4.39 Å². The number of hydrogen-bond donors (Lipinski definition) is 1. The summed E-state index contributed by atoms with van der Waals surface area (Å²) >= 11 is 0. The quantitative estimate of drug-likeness (QED) is 0.534. The summed E-state index contributed by atoms with van der Waals surface area (Å²) in [5.74, 6) is -0.595. The van der Waals surface area contributed by atoms with Crippen molar-refractivity contribution in [3.63, 3.8) is 0 Å². The van der Waals surface area contributed by atoms with Crippen LogP contribution in [-0.2, 0) is 17.8 Å². The Morgan fingerprint density at radius 2 is 1.90 bits per heavy atom. The van der Waals surface area contributed by atoms with Crippen molar-refractivity contribution in [2.45, 2.75) is 45.3 Å². The zero-order valence-corrected chi connectivity index (χ0v) is 17.8. The molecule has 0 fully saturated rings. The lowest BCUT2D eigenvalue weighted by atomic mass is 9.91. The molecule has 0 amide bonds. The Hall–Kier alpha value is -3.34.